The van der Waals surface area contributed by atoms with Gasteiger partial charge in [-0.25, -0.2) is 0 Å². The molecular weight excluding hydrogens is 423 g/mol. The van der Waals surface area contributed by atoms with Gasteiger partial charge < -0.3 is 9.64 Å². The molecule has 3 aromatic rings. The zero-order valence-electron chi connectivity index (χ0n) is 18.8. The second kappa shape index (κ2) is 9.18. The summed E-state index contributed by atoms with van der Waals surface area (Å²) in [6, 6.07) is 32.1. The highest BCUT2D eigenvalue weighted by molar-refractivity contribution is 7.92. The van der Waals surface area contributed by atoms with Crippen molar-refractivity contribution in [1.82, 2.24) is 4.90 Å². The van der Waals surface area contributed by atoms with E-state index in [1.807, 2.05) is 24.3 Å². The van der Waals surface area contributed by atoms with Gasteiger partial charge in [-0.1, -0.05) is 72.8 Å². The molecule has 33 heavy (non-hydrogen) atoms. The maximum Gasteiger partial charge on any atom is 0.118 e. The van der Waals surface area contributed by atoms with Crippen molar-refractivity contribution in [3.8, 4) is 11.8 Å². The van der Waals surface area contributed by atoms with Crippen molar-refractivity contribution in [3.63, 3.8) is 0 Å². The fourth-order valence-corrected chi connectivity index (χ4v) is 8.76. The smallest absolute Gasteiger partial charge is 0.118 e. The van der Waals surface area contributed by atoms with Gasteiger partial charge in [0.1, 0.15) is 11.8 Å². The van der Waals surface area contributed by atoms with E-state index in [4.69, 9.17) is 4.74 Å². The van der Waals surface area contributed by atoms with Crippen LogP contribution in [0.3, 0.4) is 0 Å². The fraction of sp³-hybridized carbons (Fsp3) is 0.172. The average Bonchev–Trinajstić information content (AvgIpc) is 3.44. The van der Waals surface area contributed by atoms with Crippen molar-refractivity contribution in [2.45, 2.75) is 12.8 Å². The number of hydrogen-bond acceptors (Lipinski definition) is 3. The van der Waals surface area contributed by atoms with Gasteiger partial charge in [0.15, 0.2) is 0 Å². The van der Waals surface area contributed by atoms with Crippen molar-refractivity contribution in [2.24, 2.45) is 0 Å². The maximum atomic E-state index is 10.6. The topological polar surface area (TPSA) is 36.3 Å². The third-order valence-corrected chi connectivity index (χ3v) is 10.4. The van der Waals surface area contributed by atoms with Gasteiger partial charge in [-0.15, -0.1) is 0 Å². The van der Waals surface area contributed by atoms with Crippen LogP contribution >= 0.6 is 6.89 Å². The van der Waals surface area contributed by atoms with Gasteiger partial charge in [0.25, 0.3) is 0 Å². The Kier molecular flexibility index (Phi) is 5.95. The summed E-state index contributed by atoms with van der Waals surface area (Å²) in [5.41, 5.74) is 3.39. The van der Waals surface area contributed by atoms with Crippen molar-refractivity contribution in [3.05, 3.63) is 108 Å². The summed E-state index contributed by atoms with van der Waals surface area (Å²) in [5, 5.41) is 14.0. The Labute approximate surface area is 196 Å². The normalized spacial score (nSPS) is 17.2. The second-order valence-electron chi connectivity index (χ2n) is 8.39. The van der Waals surface area contributed by atoms with Gasteiger partial charge in [0.05, 0.1) is 18.1 Å². The molecule has 0 aliphatic carbocycles. The number of allylic oxidation sites excluding steroid dienone is 3. The first-order chi connectivity index (χ1) is 16.3. The van der Waals surface area contributed by atoms with E-state index >= 15 is 0 Å². The number of likely N-dealkylation sites (tertiary alicyclic amines) is 1. The lowest BCUT2D eigenvalue weighted by Gasteiger charge is -2.34. The van der Waals surface area contributed by atoms with E-state index in [0.29, 0.717) is 0 Å². The molecule has 0 unspecified atom stereocenters. The van der Waals surface area contributed by atoms with E-state index in [-0.39, 0.29) is 0 Å². The van der Waals surface area contributed by atoms with Crippen LogP contribution in [0.15, 0.2) is 103 Å². The van der Waals surface area contributed by atoms with E-state index in [9.17, 15) is 5.26 Å². The Morgan fingerprint density at radius 2 is 1.39 bits per heavy atom. The molecular formula is C29H27N2OP. The number of rotatable bonds is 5. The Hall–Kier alpha value is -3.47. The van der Waals surface area contributed by atoms with Gasteiger partial charge in [-0.3, -0.25) is 0 Å². The molecule has 0 spiro atoms. The van der Waals surface area contributed by atoms with Gasteiger partial charge in [0, 0.05) is 13.1 Å². The molecule has 0 radical (unpaired) electrons. The van der Waals surface area contributed by atoms with E-state index < -0.39 is 6.89 Å². The lowest BCUT2D eigenvalue weighted by Crippen LogP contribution is -2.30. The minimum absolute atomic E-state index is 0.843. The molecule has 1 saturated heterocycles. The number of nitrogens with zero attached hydrogens (tertiary/aromatic N) is 2. The molecule has 1 fully saturated rings. The minimum atomic E-state index is -2.30. The molecule has 0 saturated carbocycles. The lowest BCUT2D eigenvalue weighted by atomic mass is 10.0. The molecule has 0 amide bonds. The quantitative estimate of drug-likeness (QED) is 0.489. The third kappa shape index (κ3) is 3.82. The predicted molar refractivity (Wildman–Crippen MR) is 140 cm³/mol. The Morgan fingerprint density at radius 1 is 0.818 bits per heavy atom. The average molecular weight is 451 g/mol. The second-order valence-corrected chi connectivity index (χ2v) is 11.6. The fourth-order valence-electron chi connectivity index (χ4n) is 4.87. The van der Waals surface area contributed by atoms with Crippen molar-refractivity contribution in [2.75, 3.05) is 20.2 Å². The first kappa shape index (κ1) is 21.4. The first-order valence-electron chi connectivity index (χ1n) is 11.4. The molecule has 2 aliphatic heterocycles. The van der Waals surface area contributed by atoms with Crippen molar-refractivity contribution < 1.29 is 4.74 Å². The number of benzene rings is 3. The molecule has 164 valence electrons. The maximum absolute atomic E-state index is 10.6. The summed E-state index contributed by atoms with van der Waals surface area (Å²) in [4.78, 5) is 2.41. The molecule has 2 aliphatic rings. The van der Waals surface area contributed by atoms with Crippen LogP contribution in [0, 0.1) is 11.3 Å². The number of hydrogen-bond donors (Lipinski definition) is 0. The highest BCUT2D eigenvalue weighted by Crippen LogP contribution is 2.54. The number of ether oxygens (including phenoxy) is 1. The first-order valence-corrected chi connectivity index (χ1v) is 13.2. The number of nitriles is 1. The molecule has 0 aromatic heterocycles. The van der Waals surface area contributed by atoms with E-state index in [1.165, 1.54) is 29.0 Å². The van der Waals surface area contributed by atoms with Crippen LogP contribution in [-0.2, 0) is 0 Å². The SMILES string of the molecule is COc1ccc(C2=CP(c3ccccc3)(c3ccccc3)=C(C#N)C(N3CCCC3)=C2)cc1. The molecule has 0 N–H and O–H groups in total. The van der Waals surface area contributed by atoms with Gasteiger partial charge in [-0.05, 0) is 65.5 Å². The van der Waals surface area contributed by atoms with Crippen molar-refractivity contribution >= 4 is 28.4 Å². The van der Waals surface area contributed by atoms with Gasteiger partial charge in [-0.2, -0.15) is 5.26 Å². The van der Waals surface area contributed by atoms with Crippen LogP contribution in [0.5, 0.6) is 5.75 Å². The largest absolute Gasteiger partial charge is 0.497 e. The summed E-state index contributed by atoms with van der Waals surface area (Å²) in [7, 11) is 1.69. The minimum Gasteiger partial charge on any atom is -0.497 e. The molecule has 0 bridgehead atoms. The van der Waals surface area contributed by atoms with Crippen LogP contribution in [0.4, 0.5) is 0 Å². The lowest BCUT2D eigenvalue weighted by molar-refractivity contribution is 0.415. The molecule has 0 atom stereocenters. The van der Waals surface area contributed by atoms with Crippen LogP contribution in [-0.4, -0.2) is 30.4 Å². The third-order valence-electron chi connectivity index (χ3n) is 6.52. The Bertz CT molecular complexity index is 1250. The highest BCUT2D eigenvalue weighted by Gasteiger charge is 2.34. The van der Waals surface area contributed by atoms with E-state index in [1.54, 1.807) is 7.11 Å². The zero-order chi connectivity index (χ0) is 22.7. The van der Waals surface area contributed by atoms with Gasteiger partial charge >= 0.3 is 0 Å². The Morgan fingerprint density at radius 3 is 1.91 bits per heavy atom. The van der Waals surface area contributed by atoms with E-state index in [0.717, 1.165) is 35.4 Å². The summed E-state index contributed by atoms with van der Waals surface area (Å²) in [5.74, 6) is 3.23. The monoisotopic (exact) mass is 450 g/mol. The van der Waals surface area contributed by atoms with Crippen LogP contribution < -0.4 is 15.3 Å². The molecule has 3 aromatic carbocycles. The summed E-state index contributed by atoms with van der Waals surface area (Å²) < 4.78 is 5.39. The molecule has 4 heteroatoms. The zero-order valence-corrected chi connectivity index (χ0v) is 19.7. The molecule has 3 nitrogen and oxygen atoms in total. The van der Waals surface area contributed by atoms with Crippen LogP contribution in [0.25, 0.3) is 5.57 Å². The molecule has 2 heterocycles. The predicted octanol–water partition coefficient (Wildman–Crippen LogP) is 5.39. The molecule has 5 rings (SSSR count). The summed E-state index contributed by atoms with van der Waals surface area (Å²) >= 11 is 0. The summed E-state index contributed by atoms with van der Waals surface area (Å²) in [6.07, 6.45) is 4.56. The van der Waals surface area contributed by atoms with Crippen molar-refractivity contribution in [1.29, 1.82) is 5.26 Å². The van der Waals surface area contributed by atoms with E-state index in [2.05, 4.69) is 83.5 Å². The Balaban J connectivity index is 1.86. The standard InChI is InChI=1S/C29H27N2OP/c1-32-25-16-14-23(15-17-25)24-20-28(31-18-8-9-19-31)29(21-30)33(22-24,26-10-4-2-5-11-26)27-12-6-3-7-13-27/h2-7,10-17,20,22H,8-9,18-19H2,1H3. The van der Waals surface area contributed by atoms with Crippen LogP contribution in [0.1, 0.15) is 18.4 Å². The summed E-state index contributed by atoms with van der Waals surface area (Å²) in [6.45, 7) is -0.309. The van der Waals surface area contributed by atoms with Crippen LogP contribution in [0.2, 0.25) is 0 Å². The number of methoxy groups -OCH3 is 1. The van der Waals surface area contributed by atoms with Gasteiger partial charge in [0.2, 0.25) is 0 Å². The highest BCUT2D eigenvalue weighted by atomic mass is 31.2.